The van der Waals surface area contributed by atoms with Gasteiger partial charge in [0.2, 0.25) is 0 Å². The Bertz CT molecular complexity index is 1590. The molecular weight excluding hydrogens is 464 g/mol. The van der Waals surface area contributed by atoms with Gasteiger partial charge in [-0.1, -0.05) is 29.8 Å². The van der Waals surface area contributed by atoms with Crippen LogP contribution >= 0.6 is 0 Å². The first-order valence-electron chi connectivity index (χ1n) is 11.7. The minimum atomic E-state index is -3.88. The van der Waals surface area contributed by atoms with Gasteiger partial charge in [-0.05, 0) is 69.4 Å². The zero-order valence-corrected chi connectivity index (χ0v) is 20.8. The number of aromatic nitrogens is 1. The van der Waals surface area contributed by atoms with E-state index in [-0.39, 0.29) is 28.1 Å². The van der Waals surface area contributed by atoms with Gasteiger partial charge in [0.15, 0.2) is 5.78 Å². The number of aliphatic hydroxyl groups excluding tert-OH is 1. The number of nitrogens with zero attached hydrogens (tertiary/aromatic N) is 2. The molecule has 1 aliphatic carbocycles. The molecule has 0 bridgehead atoms. The van der Waals surface area contributed by atoms with Gasteiger partial charge in [0, 0.05) is 23.0 Å². The average molecular weight is 491 g/mol. The standard InChI is InChI=1S/C27H26N2O5S/c1-14-8-10-17(11-9-14)35(33,34)28-13-18-22-16(6-5-7-20(22)28)12-19-23(18)24-25(31)21(15(2)30)26(32)29(24)27(19,3)4/h5-11,13,19,23-24,31H,12H2,1-4H3/t19?,23-,24-/m0/s1. The molecule has 180 valence electrons. The molecule has 1 amide bonds. The molecule has 3 aromatic rings. The molecule has 35 heavy (non-hydrogen) atoms. The van der Waals surface area contributed by atoms with Crippen molar-refractivity contribution in [3.63, 3.8) is 0 Å². The Morgan fingerprint density at radius 3 is 2.46 bits per heavy atom. The van der Waals surface area contributed by atoms with Crippen LogP contribution in [0.25, 0.3) is 10.9 Å². The fourth-order valence-electron chi connectivity index (χ4n) is 6.56. The number of carbonyl (C=O) groups excluding carboxylic acids is 2. The van der Waals surface area contributed by atoms with E-state index in [9.17, 15) is 23.1 Å². The third-order valence-electron chi connectivity index (χ3n) is 8.19. The van der Waals surface area contributed by atoms with Crippen molar-refractivity contribution >= 4 is 32.6 Å². The highest BCUT2D eigenvalue weighted by Crippen LogP contribution is 2.58. The summed E-state index contributed by atoms with van der Waals surface area (Å²) in [5, 5.41) is 12.0. The summed E-state index contributed by atoms with van der Waals surface area (Å²) >= 11 is 0. The van der Waals surface area contributed by atoms with Crippen molar-refractivity contribution in [2.75, 3.05) is 0 Å². The van der Waals surface area contributed by atoms with E-state index in [0.717, 1.165) is 22.1 Å². The van der Waals surface area contributed by atoms with Gasteiger partial charge in [0.25, 0.3) is 15.9 Å². The summed E-state index contributed by atoms with van der Waals surface area (Å²) in [7, 11) is -3.88. The van der Waals surface area contributed by atoms with Crippen molar-refractivity contribution < 1.29 is 23.1 Å². The lowest BCUT2D eigenvalue weighted by atomic mass is 9.69. The fraction of sp³-hybridized carbons (Fsp3) is 0.333. The molecule has 0 radical (unpaired) electrons. The topological polar surface area (TPSA) is 96.7 Å². The number of ketones is 1. The maximum atomic E-state index is 13.7. The highest BCUT2D eigenvalue weighted by Gasteiger charge is 2.63. The quantitative estimate of drug-likeness (QED) is 0.563. The summed E-state index contributed by atoms with van der Waals surface area (Å²) < 4.78 is 28.8. The first-order valence-corrected chi connectivity index (χ1v) is 13.1. The van der Waals surface area contributed by atoms with Gasteiger partial charge in [-0.25, -0.2) is 12.4 Å². The van der Waals surface area contributed by atoms with E-state index in [0.29, 0.717) is 11.9 Å². The number of aliphatic hydroxyl groups is 1. The van der Waals surface area contributed by atoms with E-state index in [1.54, 1.807) is 41.4 Å². The van der Waals surface area contributed by atoms with Crippen molar-refractivity contribution in [3.8, 4) is 0 Å². The first-order chi connectivity index (χ1) is 16.5. The summed E-state index contributed by atoms with van der Waals surface area (Å²) in [6.07, 6.45) is 2.29. The van der Waals surface area contributed by atoms with E-state index in [1.807, 2.05) is 32.9 Å². The normalized spacial score (nSPS) is 24.7. The molecule has 1 N–H and O–H groups in total. The minimum absolute atomic E-state index is 0.0527. The predicted octanol–water partition coefficient (Wildman–Crippen LogP) is 3.85. The molecule has 0 spiro atoms. The molecule has 3 atom stereocenters. The molecule has 7 nitrogen and oxygen atoms in total. The van der Waals surface area contributed by atoms with Crippen LogP contribution in [0.5, 0.6) is 0 Å². The van der Waals surface area contributed by atoms with Gasteiger partial charge in [-0.3, -0.25) is 9.59 Å². The molecule has 1 fully saturated rings. The molecule has 3 aliphatic rings. The lowest BCUT2D eigenvalue weighted by molar-refractivity contribution is -0.132. The maximum absolute atomic E-state index is 13.7. The lowest BCUT2D eigenvalue weighted by Crippen LogP contribution is -2.47. The van der Waals surface area contributed by atoms with Crippen LogP contribution in [0.3, 0.4) is 0 Å². The number of hydrogen-bond acceptors (Lipinski definition) is 5. The molecule has 3 heterocycles. The van der Waals surface area contributed by atoms with Crippen LogP contribution in [0.4, 0.5) is 0 Å². The summed E-state index contributed by atoms with van der Waals surface area (Å²) in [4.78, 5) is 27.3. The summed E-state index contributed by atoms with van der Waals surface area (Å²) in [6.45, 7) is 7.11. The number of Topliss-reactive ketones (excluding diaryl/α,β-unsaturated/α-hetero) is 1. The summed E-state index contributed by atoms with van der Waals surface area (Å²) in [6, 6.07) is 11.7. The van der Waals surface area contributed by atoms with E-state index >= 15 is 0 Å². The van der Waals surface area contributed by atoms with E-state index in [4.69, 9.17) is 0 Å². The summed E-state index contributed by atoms with van der Waals surface area (Å²) in [5.74, 6) is -1.51. The average Bonchev–Trinajstić information content (AvgIpc) is 3.38. The maximum Gasteiger partial charge on any atom is 0.268 e. The van der Waals surface area contributed by atoms with Crippen molar-refractivity contribution in [1.29, 1.82) is 0 Å². The Balaban J connectivity index is 1.61. The smallest absolute Gasteiger partial charge is 0.268 e. The van der Waals surface area contributed by atoms with Gasteiger partial charge < -0.3 is 10.0 Å². The Morgan fingerprint density at radius 1 is 1.11 bits per heavy atom. The van der Waals surface area contributed by atoms with Gasteiger partial charge in [0.1, 0.15) is 11.3 Å². The van der Waals surface area contributed by atoms with Crippen molar-refractivity contribution in [3.05, 3.63) is 76.7 Å². The van der Waals surface area contributed by atoms with Crippen LogP contribution in [0.2, 0.25) is 0 Å². The van der Waals surface area contributed by atoms with Crippen LogP contribution < -0.4 is 0 Å². The number of amides is 1. The number of fused-ring (bicyclic) bond motifs is 4. The van der Waals surface area contributed by atoms with E-state index in [2.05, 4.69) is 0 Å². The van der Waals surface area contributed by atoms with E-state index in [1.165, 1.54) is 10.9 Å². The lowest BCUT2D eigenvalue weighted by Gasteiger charge is -2.37. The highest BCUT2D eigenvalue weighted by atomic mass is 32.2. The van der Waals surface area contributed by atoms with Crippen LogP contribution in [0.1, 0.15) is 43.4 Å². The summed E-state index contributed by atoms with van der Waals surface area (Å²) in [5.41, 5.74) is 2.54. The Morgan fingerprint density at radius 2 is 1.80 bits per heavy atom. The van der Waals surface area contributed by atoms with Crippen LogP contribution in [0.15, 0.2) is 64.9 Å². The highest BCUT2D eigenvalue weighted by molar-refractivity contribution is 7.90. The van der Waals surface area contributed by atoms with Crippen molar-refractivity contribution in [1.82, 2.24) is 8.87 Å². The van der Waals surface area contributed by atoms with Crippen LogP contribution in [-0.4, -0.2) is 45.7 Å². The third-order valence-corrected chi connectivity index (χ3v) is 9.88. The predicted molar refractivity (Wildman–Crippen MR) is 131 cm³/mol. The second-order valence-corrected chi connectivity index (χ2v) is 12.3. The SMILES string of the molecule is CC(=O)C1=C(O)[C@@H]2[C@H]3c4cn(S(=O)(=O)c5ccc(C)cc5)c5cccc(c45)CC3C(C)(C)N2C1=O. The van der Waals surface area contributed by atoms with Crippen molar-refractivity contribution in [2.45, 2.75) is 56.5 Å². The molecule has 1 saturated heterocycles. The largest absolute Gasteiger partial charge is 0.509 e. The molecule has 1 unspecified atom stereocenters. The zero-order chi connectivity index (χ0) is 25.0. The molecule has 8 heteroatoms. The number of hydrogen-bond donors (Lipinski definition) is 1. The second-order valence-electron chi connectivity index (χ2n) is 10.4. The fourth-order valence-corrected chi connectivity index (χ4v) is 7.93. The second kappa shape index (κ2) is 6.85. The first kappa shape index (κ1) is 22.1. The monoisotopic (exact) mass is 490 g/mol. The molecule has 1 aromatic heterocycles. The zero-order valence-electron chi connectivity index (χ0n) is 19.9. The van der Waals surface area contributed by atoms with E-state index < -0.39 is 33.3 Å². The third kappa shape index (κ3) is 2.68. The van der Waals surface area contributed by atoms with Gasteiger partial charge >= 0.3 is 0 Å². The Labute approximate surface area is 203 Å². The van der Waals surface area contributed by atoms with Gasteiger partial charge in [-0.15, -0.1) is 0 Å². The van der Waals surface area contributed by atoms with Gasteiger partial charge in [0.05, 0.1) is 16.5 Å². The Hall–Kier alpha value is -3.39. The molecule has 6 rings (SSSR count). The molecule has 2 aliphatic heterocycles. The molecular formula is C27H26N2O5S. The molecule has 2 aromatic carbocycles. The number of aryl methyl sites for hydroxylation is 1. The van der Waals surface area contributed by atoms with Crippen LogP contribution in [-0.2, 0) is 26.0 Å². The number of rotatable bonds is 3. The van der Waals surface area contributed by atoms with Gasteiger partial charge in [-0.2, -0.15) is 0 Å². The van der Waals surface area contributed by atoms with Crippen molar-refractivity contribution in [2.24, 2.45) is 5.92 Å². The minimum Gasteiger partial charge on any atom is -0.509 e. The van der Waals surface area contributed by atoms with Crippen LogP contribution in [0, 0.1) is 12.8 Å². The molecule has 0 saturated carbocycles. The Kier molecular flexibility index (Phi) is 4.32. The number of benzene rings is 2. The number of carbonyl (C=O) groups is 2.